The van der Waals surface area contributed by atoms with Gasteiger partial charge in [0.25, 0.3) is 5.91 Å². The Bertz CT molecular complexity index is 974. The van der Waals surface area contributed by atoms with E-state index in [1.807, 2.05) is 13.0 Å². The number of aromatic nitrogens is 1. The Kier molecular flexibility index (Phi) is 4.79. The number of hydrogen-bond donors (Lipinski definition) is 1. The molecule has 1 aromatic heterocycles. The molecule has 2 heterocycles. The van der Waals surface area contributed by atoms with Crippen molar-refractivity contribution in [1.82, 2.24) is 9.88 Å². The van der Waals surface area contributed by atoms with Gasteiger partial charge in [-0.05, 0) is 61.7 Å². The van der Waals surface area contributed by atoms with Crippen molar-refractivity contribution in [3.05, 3.63) is 48.2 Å². The van der Waals surface area contributed by atoms with E-state index < -0.39 is 23.7 Å². The Labute approximate surface area is 170 Å². The van der Waals surface area contributed by atoms with Crippen LogP contribution in [0.5, 0.6) is 5.75 Å². The van der Waals surface area contributed by atoms with E-state index in [1.165, 1.54) is 17.0 Å². The molecule has 0 unspecified atom stereocenters. The van der Waals surface area contributed by atoms with Crippen LogP contribution in [0.25, 0.3) is 0 Å². The molecule has 2 aromatic rings. The first kappa shape index (κ1) is 20.0. The average Bonchev–Trinajstić information content (AvgIpc) is 3.45. The van der Waals surface area contributed by atoms with Crippen LogP contribution in [-0.2, 0) is 11.3 Å². The van der Waals surface area contributed by atoms with Crippen molar-refractivity contribution >= 4 is 23.4 Å². The maximum absolute atomic E-state index is 13.1. The second-order valence-corrected chi connectivity index (χ2v) is 7.16. The molecule has 1 N–H and O–H groups in total. The first-order chi connectivity index (χ1) is 14.2. The number of pyridine rings is 1. The van der Waals surface area contributed by atoms with Gasteiger partial charge in [-0.15, -0.1) is 13.2 Å². The second-order valence-electron chi connectivity index (χ2n) is 7.16. The standard InChI is InChI=1S/C20H19F3N4O3/c1-2-24-16-11-13(7-10-25-16)12-26-18(29)27(17(28)19(26)8-9-19)14-3-5-15(6-4-14)30-20(21,22)23/h3-7,10-11H,2,8-9,12H2,1H3,(H,24,25). The number of anilines is 2. The molecule has 1 aliphatic carbocycles. The number of benzene rings is 1. The fourth-order valence-electron chi connectivity index (χ4n) is 3.59. The summed E-state index contributed by atoms with van der Waals surface area (Å²) in [7, 11) is 0. The number of rotatable bonds is 6. The molecule has 0 radical (unpaired) electrons. The van der Waals surface area contributed by atoms with Gasteiger partial charge in [0, 0.05) is 19.3 Å². The molecule has 10 heteroatoms. The van der Waals surface area contributed by atoms with Crippen molar-refractivity contribution < 1.29 is 27.5 Å². The van der Waals surface area contributed by atoms with Crippen LogP contribution in [0.15, 0.2) is 42.6 Å². The minimum Gasteiger partial charge on any atom is -0.406 e. The average molecular weight is 420 g/mol. The van der Waals surface area contributed by atoms with Gasteiger partial charge in [0.2, 0.25) is 0 Å². The zero-order valence-electron chi connectivity index (χ0n) is 16.1. The molecule has 1 aromatic carbocycles. The van der Waals surface area contributed by atoms with Gasteiger partial charge in [0.1, 0.15) is 17.1 Å². The fourth-order valence-corrected chi connectivity index (χ4v) is 3.59. The predicted octanol–water partition coefficient (Wildman–Crippen LogP) is 3.91. The van der Waals surface area contributed by atoms with Crippen LogP contribution in [-0.4, -0.2) is 40.3 Å². The summed E-state index contributed by atoms with van der Waals surface area (Å²) in [5, 5.41) is 3.10. The zero-order chi connectivity index (χ0) is 21.5. The molecule has 7 nitrogen and oxygen atoms in total. The van der Waals surface area contributed by atoms with E-state index in [-0.39, 0.29) is 18.1 Å². The van der Waals surface area contributed by atoms with E-state index in [2.05, 4.69) is 15.0 Å². The molecule has 1 saturated heterocycles. The minimum atomic E-state index is -4.81. The number of nitrogens with one attached hydrogen (secondary N) is 1. The molecular formula is C20H19F3N4O3. The molecule has 1 spiro atoms. The quantitative estimate of drug-likeness (QED) is 0.718. The van der Waals surface area contributed by atoms with E-state index >= 15 is 0 Å². The molecule has 1 saturated carbocycles. The highest BCUT2D eigenvalue weighted by Crippen LogP contribution is 2.49. The highest BCUT2D eigenvalue weighted by atomic mass is 19.4. The summed E-state index contributed by atoms with van der Waals surface area (Å²) in [6, 6.07) is 7.81. The zero-order valence-corrected chi connectivity index (χ0v) is 16.1. The number of halogens is 3. The Morgan fingerprint density at radius 2 is 1.87 bits per heavy atom. The van der Waals surface area contributed by atoms with Gasteiger partial charge in [-0.2, -0.15) is 0 Å². The van der Waals surface area contributed by atoms with Crippen molar-refractivity contribution in [1.29, 1.82) is 0 Å². The number of imide groups is 1. The van der Waals surface area contributed by atoms with E-state index in [1.54, 1.807) is 12.3 Å². The molecule has 158 valence electrons. The summed E-state index contributed by atoms with van der Waals surface area (Å²) in [6.45, 7) is 2.87. The summed E-state index contributed by atoms with van der Waals surface area (Å²) in [6.07, 6.45) is -2.08. The summed E-state index contributed by atoms with van der Waals surface area (Å²) in [5.74, 6) is -0.107. The van der Waals surface area contributed by atoms with E-state index in [4.69, 9.17) is 0 Å². The number of urea groups is 1. The van der Waals surface area contributed by atoms with Crippen LogP contribution in [0.2, 0.25) is 0 Å². The van der Waals surface area contributed by atoms with Crippen molar-refractivity contribution in [3.8, 4) is 5.75 Å². The molecule has 2 aliphatic rings. The lowest BCUT2D eigenvalue weighted by atomic mass is 10.2. The van der Waals surface area contributed by atoms with E-state index in [0.717, 1.165) is 22.6 Å². The second kappa shape index (κ2) is 7.19. The number of ether oxygens (including phenoxy) is 1. The van der Waals surface area contributed by atoms with Crippen molar-refractivity contribution in [2.45, 2.75) is 38.2 Å². The number of amides is 3. The Morgan fingerprint density at radius 3 is 2.47 bits per heavy atom. The highest BCUT2D eigenvalue weighted by molar-refractivity contribution is 6.24. The number of carbonyl (C=O) groups excluding carboxylic acids is 2. The maximum atomic E-state index is 13.1. The normalized spacial score (nSPS) is 17.6. The van der Waals surface area contributed by atoms with Crippen molar-refractivity contribution in [3.63, 3.8) is 0 Å². The summed E-state index contributed by atoms with van der Waals surface area (Å²) >= 11 is 0. The molecule has 0 atom stereocenters. The van der Waals surface area contributed by atoms with Gasteiger partial charge in [0.15, 0.2) is 0 Å². The summed E-state index contributed by atoms with van der Waals surface area (Å²) < 4.78 is 40.9. The van der Waals surface area contributed by atoms with Crippen molar-refractivity contribution in [2.75, 3.05) is 16.8 Å². The summed E-state index contributed by atoms with van der Waals surface area (Å²) in [4.78, 5) is 32.9. The Hall–Kier alpha value is -3.30. The summed E-state index contributed by atoms with van der Waals surface area (Å²) in [5.41, 5.74) is 0.139. The number of alkyl halides is 3. The number of hydrogen-bond acceptors (Lipinski definition) is 5. The molecule has 3 amide bonds. The first-order valence-corrected chi connectivity index (χ1v) is 9.44. The lowest BCUT2D eigenvalue weighted by molar-refractivity contribution is -0.274. The van der Waals surface area contributed by atoms with Gasteiger partial charge >= 0.3 is 12.4 Å². The maximum Gasteiger partial charge on any atom is 0.573 e. The van der Waals surface area contributed by atoms with Crippen molar-refractivity contribution in [2.24, 2.45) is 0 Å². The van der Waals surface area contributed by atoms with Crippen LogP contribution in [0.3, 0.4) is 0 Å². The fraction of sp³-hybridized carbons (Fsp3) is 0.350. The molecule has 1 aliphatic heterocycles. The lowest BCUT2D eigenvalue weighted by Crippen LogP contribution is -2.36. The third-order valence-corrected chi connectivity index (χ3v) is 5.12. The molecule has 2 fully saturated rings. The SMILES string of the molecule is CCNc1cc(CN2C(=O)N(c3ccc(OC(F)(F)F)cc3)C(=O)C23CC3)ccn1. The van der Waals surface area contributed by atoms with Gasteiger partial charge in [-0.1, -0.05) is 0 Å². The number of carbonyl (C=O) groups is 2. The van der Waals surface area contributed by atoms with Crippen LogP contribution in [0, 0.1) is 0 Å². The predicted molar refractivity (Wildman–Crippen MR) is 102 cm³/mol. The smallest absolute Gasteiger partial charge is 0.406 e. The van der Waals surface area contributed by atoms with E-state index in [9.17, 15) is 22.8 Å². The largest absolute Gasteiger partial charge is 0.573 e. The van der Waals surface area contributed by atoms with Gasteiger partial charge in [0.05, 0.1) is 5.69 Å². The number of nitrogens with zero attached hydrogens (tertiary/aromatic N) is 3. The minimum absolute atomic E-state index is 0.205. The molecular weight excluding hydrogens is 401 g/mol. The van der Waals surface area contributed by atoms with Crippen LogP contribution in [0.4, 0.5) is 29.5 Å². The van der Waals surface area contributed by atoms with E-state index in [0.29, 0.717) is 25.2 Å². The van der Waals surface area contributed by atoms with Gasteiger partial charge < -0.3 is 15.0 Å². The molecule has 4 rings (SSSR count). The van der Waals surface area contributed by atoms with Crippen LogP contribution in [0.1, 0.15) is 25.3 Å². The van der Waals surface area contributed by atoms with Crippen LogP contribution < -0.4 is 15.0 Å². The monoisotopic (exact) mass is 420 g/mol. The third-order valence-electron chi connectivity index (χ3n) is 5.12. The molecule has 0 bridgehead atoms. The highest BCUT2D eigenvalue weighted by Gasteiger charge is 2.65. The lowest BCUT2D eigenvalue weighted by Gasteiger charge is -2.21. The van der Waals surface area contributed by atoms with Gasteiger partial charge in [-0.25, -0.2) is 14.7 Å². The Morgan fingerprint density at radius 1 is 1.17 bits per heavy atom. The Balaban J connectivity index is 1.56. The topological polar surface area (TPSA) is 74.8 Å². The third kappa shape index (κ3) is 3.64. The van der Waals surface area contributed by atoms with Gasteiger partial charge in [-0.3, -0.25) is 4.79 Å². The first-order valence-electron chi connectivity index (χ1n) is 9.44. The molecule has 30 heavy (non-hydrogen) atoms. The van der Waals surface area contributed by atoms with Crippen LogP contribution >= 0.6 is 0 Å².